The summed E-state index contributed by atoms with van der Waals surface area (Å²) in [7, 11) is 0. The molecule has 0 aromatic heterocycles. The molecule has 0 heterocycles. The van der Waals surface area contributed by atoms with Crippen molar-refractivity contribution in [3.05, 3.63) is 0 Å². The molecule has 1 aliphatic carbocycles. The monoisotopic (exact) mass is 154 g/mol. The largest absolute Gasteiger partial charge is 0.0651 e. The second kappa shape index (κ2) is 4.79. The molecule has 0 N–H and O–H groups in total. The molecule has 0 aliphatic heterocycles. The van der Waals surface area contributed by atoms with Gasteiger partial charge in [0, 0.05) is 0 Å². The van der Waals surface area contributed by atoms with Crippen LogP contribution in [0.3, 0.4) is 0 Å². The Kier molecular flexibility index (Phi) is 3.96. The highest BCUT2D eigenvalue weighted by atomic mass is 14.2. The smallest absolute Gasteiger partial charge is 0.0414 e. The average Bonchev–Trinajstić information content (AvgIpc) is 1.94. The third-order valence-electron chi connectivity index (χ3n) is 3.23. The van der Waals surface area contributed by atoms with E-state index in [-0.39, 0.29) is 0 Å². The number of hydrogen-bond acceptors (Lipinski definition) is 0. The summed E-state index contributed by atoms with van der Waals surface area (Å²) in [6, 6.07) is 0. The van der Waals surface area contributed by atoms with E-state index in [1.54, 1.807) is 0 Å². The van der Waals surface area contributed by atoms with Gasteiger partial charge < -0.3 is 0 Å². The van der Waals surface area contributed by atoms with Gasteiger partial charge in [-0.15, -0.1) is 0 Å². The van der Waals surface area contributed by atoms with Gasteiger partial charge in [-0.25, -0.2) is 0 Å². The molecule has 0 aromatic carbocycles. The van der Waals surface area contributed by atoms with Gasteiger partial charge in [0.05, 0.1) is 0 Å². The van der Waals surface area contributed by atoms with E-state index in [9.17, 15) is 0 Å². The summed E-state index contributed by atoms with van der Waals surface area (Å²) in [5.74, 6) is 2.09. The summed E-state index contributed by atoms with van der Waals surface area (Å²) in [6.07, 6.45) is 10.4. The van der Waals surface area contributed by atoms with Crippen LogP contribution < -0.4 is 0 Å². The summed E-state index contributed by atoms with van der Waals surface area (Å²) < 4.78 is 0. The average molecular weight is 154 g/mol. The van der Waals surface area contributed by atoms with Crippen LogP contribution in [0, 0.1) is 11.8 Å². The molecule has 66 valence electrons. The van der Waals surface area contributed by atoms with Gasteiger partial charge in [-0.2, -0.15) is 0 Å². The lowest BCUT2D eigenvalue weighted by Gasteiger charge is -2.25. The molecule has 1 unspecified atom stereocenters. The van der Waals surface area contributed by atoms with Crippen LogP contribution in [0.15, 0.2) is 0 Å². The minimum Gasteiger partial charge on any atom is -0.0651 e. The van der Waals surface area contributed by atoms with E-state index in [4.69, 9.17) is 0 Å². The Morgan fingerprint density at radius 1 is 1.36 bits per heavy atom. The minimum absolute atomic E-state index is 0.968. The molecule has 11 heavy (non-hydrogen) atoms. The normalized spacial score (nSPS) is 21.3. The fourth-order valence-corrected chi connectivity index (χ4v) is 1.74. The van der Waals surface area contributed by atoms with Gasteiger partial charge in [-0.1, -0.05) is 58.8 Å². The van der Waals surface area contributed by atoms with Crippen molar-refractivity contribution in [3.8, 4) is 0 Å². The molecular weight excluding hydrogens is 132 g/mol. The first-order chi connectivity index (χ1) is 5.33. The molecule has 0 heteroatoms. The summed E-state index contributed by atoms with van der Waals surface area (Å²) in [5, 5.41) is 0. The lowest BCUT2D eigenvalue weighted by atomic mass is 9.81. The molecule has 0 bridgehead atoms. The lowest BCUT2D eigenvalue weighted by Crippen LogP contribution is -2.10. The van der Waals surface area contributed by atoms with Crippen molar-refractivity contribution in [1.82, 2.24) is 0 Å². The molecule has 0 spiro atoms. The molecule has 0 saturated heterocycles. The molecule has 0 aromatic rings. The Morgan fingerprint density at radius 3 is 2.55 bits per heavy atom. The standard InChI is InChI=1S/C11H22/c1-3-10(2)6-4-7-11-8-5-9-11/h10-11H,3-9H2,1-2H3. The van der Waals surface area contributed by atoms with Crippen molar-refractivity contribution in [2.24, 2.45) is 11.8 Å². The fraction of sp³-hybridized carbons (Fsp3) is 1.00. The van der Waals surface area contributed by atoms with Crippen LogP contribution in [-0.4, -0.2) is 0 Å². The van der Waals surface area contributed by atoms with Gasteiger partial charge in [-0.3, -0.25) is 0 Å². The highest BCUT2D eigenvalue weighted by Gasteiger charge is 2.16. The van der Waals surface area contributed by atoms with Crippen LogP contribution in [0.5, 0.6) is 0 Å². The van der Waals surface area contributed by atoms with Crippen molar-refractivity contribution in [3.63, 3.8) is 0 Å². The predicted molar refractivity (Wildman–Crippen MR) is 50.6 cm³/mol. The summed E-state index contributed by atoms with van der Waals surface area (Å²) in [5.41, 5.74) is 0. The van der Waals surface area contributed by atoms with Crippen molar-refractivity contribution in [2.45, 2.75) is 58.8 Å². The zero-order chi connectivity index (χ0) is 8.10. The predicted octanol–water partition coefficient (Wildman–Crippen LogP) is 4.00. The van der Waals surface area contributed by atoms with Gasteiger partial charge >= 0.3 is 0 Å². The van der Waals surface area contributed by atoms with E-state index in [0.717, 1.165) is 11.8 Å². The Hall–Kier alpha value is 0. The molecule has 1 atom stereocenters. The van der Waals surface area contributed by atoms with E-state index >= 15 is 0 Å². The first-order valence-corrected chi connectivity index (χ1v) is 5.33. The van der Waals surface area contributed by atoms with Gasteiger partial charge in [0.25, 0.3) is 0 Å². The van der Waals surface area contributed by atoms with Crippen molar-refractivity contribution >= 4 is 0 Å². The Morgan fingerprint density at radius 2 is 2.09 bits per heavy atom. The second-order valence-electron chi connectivity index (χ2n) is 4.24. The van der Waals surface area contributed by atoms with Crippen LogP contribution in [0.1, 0.15) is 58.8 Å². The topological polar surface area (TPSA) is 0 Å². The highest BCUT2D eigenvalue weighted by molar-refractivity contribution is 4.69. The number of rotatable bonds is 5. The van der Waals surface area contributed by atoms with Crippen molar-refractivity contribution in [1.29, 1.82) is 0 Å². The van der Waals surface area contributed by atoms with E-state index in [0.29, 0.717) is 0 Å². The maximum absolute atomic E-state index is 2.38. The van der Waals surface area contributed by atoms with Gasteiger partial charge in [0.15, 0.2) is 0 Å². The summed E-state index contributed by atoms with van der Waals surface area (Å²) >= 11 is 0. The molecule has 1 rings (SSSR count). The maximum Gasteiger partial charge on any atom is -0.0414 e. The van der Waals surface area contributed by atoms with Gasteiger partial charge in [0.1, 0.15) is 0 Å². The zero-order valence-corrected chi connectivity index (χ0v) is 8.10. The Balaban J connectivity index is 1.86. The van der Waals surface area contributed by atoms with E-state index < -0.39 is 0 Å². The van der Waals surface area contributed by atoms with Crippen LogP contribution in [-0.2, 0) is 0 Å². The van der Waals surface area contributed by atoms with E-state index in [1.807, 2.05) is 0 Å². The van der Waals surface area contributed by atoms with Gasteiger partial charge in [-0.05, 0) is 11.8 Å². The van der Waals surface area contributed by atoms with Crippen LogP contribution in [0.2, 0.25) is 0 Å². The third kappa shape index (κ3) is 3.27. The summed E-state index contributed by atoms with van der Waals surface area (Å²) in [4.78, 5) is 0. The number of hydrogen-bond donors (Lipinski definition) is 0. The third-order valence-corrected chi connectivity index (χ3v) is 3.23. The maximum atomic E-state index is 2.38. The molecule has 1 fully saturated rings. The second-order valence-corrected chi connectivity index (χ2v) is 4.24. The molecule has 1 saturated carbocycles. The molecular formula is C11H22. The Bertz CT molecular complexity index is 87.5. The fourth-order valence-electron chi connectivity index (χ4n) is 1.74. The first-order valence-electron chi connectivity index (χ1n) is 5.33. The molecule has 1 aliphatic rings. The van der Waals surface area contributed by atoms with E-state index in [2.05, 4.69) is 13.8 Å². The highest BCUT2D eigenvalue weighted by Crippen LogP contribution is 2.31. The molecule has 0 radical (unpaired) electrons. The minimum atomic E-state index is 0.968. The summed E-state index contributed by atoms with van der Waals surface area (Å²) in [6.45, 7) is 4.68. The first kappa shape index (κ1) is 9.09. The van der Waals surface area contributed by atoms with Crippen LogP contribution >= 0.6 is 0 Å². The molecule has 0 amide bonds. The molecule has 0 nitrogen and oxygen atoms in total. The van der Waals surface area contributed by atoms with Gasteiger partial charge in [0.2, 0.25) is 0 Å². The lowest BCUT2D eigenvalue weighted by molar-refractivity contribution is 0.280. The Labute approximate surface area is 71.4 Å². The van der Waals surface area contributed by atoms with E-state index in [1.165, 1.54) is 44.9 Å². The van der Waals surface area contributed by atoms with Crippen molar-refractivity contribution in [2.75, 3.05) is 0 Å². The van der Waals surface area contributed by atoms with Crippen LogP contribution in [0.25, 0.3) is 0 Å². The SMILES string of the molecule is CCC(C)CCCC1CCC1. The zero-order valence-electron chi connectivity index (χ0n) is 8.10. The van der Waals surface area contributed by atoms with Crippen molar-refractivity contribution < 1.29 is 0 Å². The quantitative estimate of drug-likeness (QED) is 0.561. The van der Waals surface area contributed by atoms with Crippen LogP contribution in [0.4, 0.5) is 0 Å².